The van der Waals surface area contributed by atoms with Crippen LogP contribution >= 0.6 is 15.9 Å². The average molecular weight is 345 g/mol. The van der Waals surface area contributed by atoms with E-state index in [-0.39, 0.29) is 11.9 Å². The molecule has 0 aliphatic heterocycles. The van der Waals surface area contributed by atoms with Crippen LogP contribution in [0.4, 0.5) is 0 Å². The maximum Gasteiger partial charge on any atom is 0.160 e. The van der Waals surface area contributed by atoms with Crippen molar-refractivity contribution in [2.75, 3.05) is 0 Å². The molecule has 1 atom stereocenters. The first kappa shape index (κ1) is 14.3. The van der Waals surface area contributed by atoms with Gasteiger partial charge in [-0.15, -0.1) is 0 Å². The SMILES string of the molecule is CC(=O)c1ccc(OC2CCCc3ccccc32)cc1Br. The topological polar surface area (TPSA) is 26.3 Å². The molecule has 2 nitrogen and oxygen atoms in total. The predicted molar refractivity (Wildman–Crippen MR) is 86.9 cm³/mol. The number of fused-ring (bicyclic) bond motifs is 1. The highest BCUT2D eigenvalue weighted by atomic mass is 79.9. The van der Waals surface area contributed by atoms with Crippen molar-refractivity contribution in [2.24, 2.45) is 0 Å². The van der Waals surface area contributed by atoms with E-state index in [0.29, 0.717) is 5.56 Å². The minimum atomic E-state index is 0.0523. The molecule has 0 N–H and O–H groups in total. The number of carbonyl (C=O) groups is 1. The quantitative estimate of drug-likeness (QED) is 0.723. The van der Waals surface area contributed by atoms with Gasteiger partial charge >= 0.3 is 0 Å². The molecule has 0 radical (unpaired) electrons. The molecule has 0 bridgehead atoms. The molecule has 3 rings (SSSR count). The van der Waals surface area contributed by atoms with Crippen LogP contribution in [0, 0.1) is 0 Å². The number of ketones is 1. The fourth-order valence-corrected chi connectivity index (χ4v) is 3.49. The van der Waals surface area contributed by atoms with Crippen LogP contribution in [-0.4, -0.2) is 5.78 Å². The van der Waals surface area contributed by atoms with E-state index in [0.717, 1.165) is 29.5 Å². The van der Waals surface area contributed by atoms with Crippen molar-refractivity contribution in [3.05, 3.63) is 63.6 Å². The standard InChI is InChI=1S/C18H17BrO2/c1-12(20)15-10-9-14(11-17(15)19)21-18-8-4-6-13-5-2-3-7-16(13)18/h2-3,5,7,9-11,18H,4,6,8H2,1H3. The summed E-state index contributed by atoms with van der Waals surface area (Å²) in [6, 6.07) is 14.1. The summed E-state index contributed by atoms with van der Waals surface area (Å²) >= 11 is 3.44. The molecule has 2 aromatic carbocycles. The van der Waals surface area contributed by atoms with Crippen molar-refractivity contribution in [1.82, 2.24) is 0 Å². The number of rotatable bonds is 3. The van der Waals surface area contributed by atoms with Gasteiger partial charge in [0.2, 0.25) is 0 Å². The Morgan fingerprint density at radius 2 is 2.05 bits per heavy atom. The van der Waals surface area contributed by atoms with E-state index in [1.54, 1.807) is 6.92 Å². The summed E-state index contributed by atoms with van der Waals surface area (Å²) in [7, 11) is 0. The number of aryl methyl sites for hydroxylation is 1. The first-order valence-corrected chi connectivity index (χ1v) is 7.99. The van der Waals surface area contributed by atoms with Crippen LogP contribution in [0.25, 0.3) is 0 Å². The smallest absolute Gasteiger partial charge is 0.160 e. The van der Waals surface area contributed by atoms with Crippen LogP contribution in [0.15, 0.2) is 46.9 Å². The molecule has 0 saturated heterocycles. The van der Waals surface area contributed by atoms with Gasteiger partial charge in [0.15, 0.2) is 5.78 Å². The fraction of sp³-hybridized carbons (Fsp3) is 0.278. The molecule has 0 fully saturated rings. The van der Waals surface area contributed by atoms with Crippen LogP contribution in [0.5, 0.6) is 5.75 Å². The second-order valence-corrected chi connectivity index (χ2v) is 6.25. The molecule has 21 heavy (non-hydrogen) atoms. The van der Waals surface area contributed by atoms with Gasteiger partial charge in [-0.1, -0.05) is 24.3 Å². The molecule has 0 saturated carbocycles. The fourth-order valence-electron chi connectivity index (χ4n) is 2.85. The maximum absolute atomic E-state index is 11.5. The van der Waals surface area contributed by atoms with Gasteiger partial charge in [0.1, 0.15) is 11.9 Å². The van der Waals surface area contributed by atoms with E-state index in [9.17, 15) is 4.79 Å². The number of Topliss-reactive ketones (excluding diaryl/α,β-unsaturated/α-hetero) is 1. The van der Waals surface area contributed by atoms with Crippen LogP contribution in [-0.2, 0) is 6.42 Å². The zero-order valence-electron chi connectivity index (χ0n) is 11.9. The first-order valence-electron chi connectivity index (χ1n) is 7.20. The second-order valence-electron chi connectivity index (χ2n) is 5.40. The Morgan fingerprint density at radius 3 is 2.81 bits per heavy atom. The third-order valence-corrected chi connectivity index (χ3v) is 4.57. The predicted octanol–water partition coefficient (Wildman–Crippen LogP) is 5.11. The second kappa shape index (κ2) is 6.02. The lowest BCUT2D eigenvalue weighted by atomic mass is 9.89. The summed E-state index contributed by atoms with van der Waals surface area (Å²) in [4.78, 5) is 11.5. The molecule has 108 valence electrons. The summed E-state index contributed by atoms with van der Waals surface area (Å²) in [5.41, 5.74) is 3.36. The number of benzene rings is 2. The van der Waals surface area contributed by atoms with Gasteiger partial charge in [-0.25, -0.2) is 0 Å². The van der Waals surface area contributed by atoms with E-state index in [4.69, 9.17) is 4.74 Å². The Bertz CT molecular complexity index is 679. The van der Waals surface area contributed by atoms with Gasteiger partial charge in [0, 0.05) is 10.0 Å². The molecule has 2 aromatic rings. The lowest BCUT2D eigenvalue weighted by Crippen LogP contribution is -2.15. The summed E-state index contributed by atoms with van der Waals surface area (Å²) in [6.45, 7) is 1.57. The molecule has 1 aliphatic carbocycles. The zero-order valence-corrected chi connectivity index (χ0v) is 13.5. The van der Waals surface area contributed by atoms with Crippen molar-refractivity contribution in [1.29, 1.82) is 0 Å². The lowest BCUT2D eigenvalue weighted by molar-refractivity contribution is 0.101. The molecule has 3 heteroatoms. The number of carbonyl (C=O) groups excluding carboxylic acids is 1. The normalized spacial score (nSPS) is 17.1. The Kier molecular flexibility index (Phi) is 4.11. The summed E-state index contributed by atoms with van der Waals surface area (Å²) in [5.74, 6) is 0.852. The van der Waals surface area contributed by atoms with Crippen molar-refractivity contribution in [3.63, 3.8) is 0 Å². The van der Waals surface area contributed by atoms with Gasteiger partial charge in [0.25, 0.3) is 0 Å². The molecule has 0 amide bonds. The van der Waals surface area contributed by atoms with Crippen molar-refractivity contribution >= 4 is 21.7 Å². The Balaban J connectivity index is 1.85. The minimum absolute atomic E-state index is 0.0523. The van der Waals surface area contributed by atoms with E-state index < -0.39 is 0 Å². The third-order valence-electron chi connectivity index (χ3n) is 3.91. The molecule has 1 aliphatic rings. The molecule has 0 aromatic heterocycles. The van der Waals surface area contributed by atoms with E-state index in [1.165, 1.54) is 11.1 Å². The largest absolute Gasteiger partial charge is 0.486 e. The number of halogens is 1. The van der Waals surface area contributed by atoms with E-state index in [2.05, 4.69) is 40.2 Å². The van der Waals surface area contributed by atoms with E-state index in [1.807, 2.05) is 18.2 Å². The summed E-state index contributed by atoms with van der Waals surface area (Å²) in [6.07, 6.45) is 3.41. The summed E-state index contributed by atoms with van der Waals surface area (Å²) in [5, 5.41) is 0. The number of ether oxygens (including phenoxy) is 1. The van der Waals surface area contributed by atoms with Crippen molar-refractivity contribution < 1.29 is 9.53 Å². The molecular weight excluding hydrogens is 328 g/mol. The molecule has 0 spiro atoms. The minimum Gasteiger partial charge on any atom is -0.486 e. The highest BCUT2D eigenvalue weighted by molar-refractivity contribution is 9.10. The van der Waals surface area contributed by atoms with Crippen LogP contribution in [0.1, 0.15) is 47.4 Å². The lowest BCUT2D eigenvalue weighted by Gasteiger charge is -2.26. The van der Waals surface area contributed by atoms with Crippen molar-refractivity contribution in [2.45, 2.75) is 32.3 Å². The molecule has 1 unspecified atom stereocenters. The van der Waals surface area contributed by atoms with Gasteiger partial charge in [0.05, 0.1) is 0 Å². The molecular formula is C18H17BrO2. The Labute approximate surface area is 133 Å². The Hall–Kier alpha value is -1.61. The Morgan fingerprint density at radius 1 is 1.24 bits per heavy atom. The van der Waals surface area contributed by atoms with E-state index >= 15 is 0 Å². The third kappa shape index (κ3) is 3.03. The average Bonchev–Trinajstić information content (AvgIpc) is 2.47. The van der Waals surface area contributed by atoms with Crippen LogP contribution < -0.4 is 4.74 Å². The van der Waals surface area contributed by atoms with Gasteiger partial charge in [-0.3, -0.25) is 4.79 Å². The van der Waals surface area contributed by atoms with Crippen LogP contribution in [0.3, 0.4) is 0 Å². The van der Waals surface area contributed by atoms with Crippen molar-refractivity contribution in [3.8, 4) is 5.75 Å². The highest BCUT2D eigenvalue weighted by Crippen LogP contribution is 2.34. The maximum atomic E-state index is 11.5. The highest BCUT2D eigenvalue weighted by Gasteiger charge is 2.21. The first-order chi connectivity index (χ1) is 10.1. The number of hydrogen-bond donors (Lipinski definition) is 0. The molecule has 0 heterocycles. The zero-order chi connectivity index (χ0) is 14.8. The monoisotopic (exact) mass is 344 g/mol. The summed E-state index contributed by atoms with van der Waals surface area (Å²) < 4.78 is 6.94. The van der Waals surface area contributed by atoms with Crippen LogP contribution in [0.2, 0.25) is 0 Å². The number of hydrogen-bond acceptors (Lipinski definition) is 2. The van der Waals surface area contributed by atoms with Gasteiger partial charge < -0.3 is 4.74 Å². The van der Waals surface area contributed by atoms with Gasteiger partial charge in [-0.2, -0.15) is 0 Å². The van der Waals surface area contributed by atoms with Gasteiger partial charge in [-0.05, 0) is 71.4 Å².